The fraction of sp³-hybridized carbons (Fsp3) is 0.500. The van der Waals surface area contributed by atoms with Crippen molar-refractivity contribution in [3.8, 4) is 0 Å². The van der Waals surface area contributed by atoms with Gasteiger partial charge < -0.3 is 0 Å². The Morgan fingerprint density at radius 1 is 1.73 bits per heavy atom. The summed E-state index contributed by atoms with van der Waals surface area (Å²) in [6, 6.07) is 0. The van der Waals surface area contributed by atoms with Crippen molar-refractivity contribution in [2.45, 2.75) is 6.92 Å². The van der Waals surface area contributed by atoms with Crippen molar-refractivity contribution in [3.63, 3.8) is 0 Å². The van der Waals surface area contributed by atoms with E-state index >= 15 is 0 Å². The predicted octanol–water partition coefficient (Wildman–Crippen LogP) is 0.265. The maximum Gasteiger partial charge on any atom is 0.265 e. The van der Waals surface area contributed by atoms with E-state index in [2.05, 4.69) is 6.58 Å². The molecule has 0 amide bonds. The van der Waals surface area contributed by atoms with Gasteiger partial charge in [-0.1, -0.05) is 13.5 Å². The van der Waals surface area contributed by atoms with Crippen LogP contribution in [0.2, 0.25) is 0 Å². The maximum absolute atomic E-state index is 10.7. The Labute approximate surface area is 65.7 Å². The molecule has 5 heteroatoms. The van der Waals surface area contributed by atoms with E-state index in [1.165, 1.54) is 6.92 Å². The number of rotatable bonds is 4. The molecule has 0 heterocycles. The quantitative estimate of drug-likeness (QED) is 0.495. The number of hydrogen-bond acceptors (Lipinski definition) is 3. The van der Waals surface area contributed by atoms with E-state index in [9.17, 15) is 13.2 Å². The SMILES string of the molecule is C=CC(=O)C(C)CS(=O)(=O)O. The highest BCUT2D eigenvalue weighted by Crippen LogP contribution is 2.01. The van der Waals surface area contributed by atoms with Crippen molar-refractivity contribution in [1.82, 2.24) is 0 Å². The lowest BCUT2D eigenvalue weighted by molar-refractivity contribution is -0.117. The molecule has 0 aromatic heterocycles. The van der Waals surface area contributed by atoms with Crippen LogP contribution in [0.4, 0.5) is 0 Å². The lowest BCUT2D eigenvalue weighted by Crippen LogP contribution is -2.19. The van der Waals surface area contributed by atoms with Gasteiger partial charge in [-0.15, -0.1) is 0 Å². The minimum absolute atomic E-state index is 0.386. The Bertz CT molecular complexity index is 252. The molecule has 0 aromatic rings. The first-order valence-corrected chi connectivity index (χ1v) is 4.59. The third kappa shape index (κ3) is 4.69. The average molecular weight is 178 g/mol. The molecule has 0 radical (unpaired) electrons. The van der Waals surface area contributed by atoms with Crippen LogP contribution in [-0.4, -0.2) is 24.5 Å². The summed E-state index contributed by atoms with van der Waals surface area (Å²) in [5.41, 5.74) is 0. The van der Waals surface area contributed by atoms with E-state index in [1.54, 1.807) is 0 Å². The molecule has 0 saturated heterocycles. The molecule has 1 unspecified atom stereocenters. The van der Waals surface area contributed by atoms with Gasteiger partial charge in [0, 0.05) is 5.92 Å². The van der Waals surface area contributed by atoms with E-state index in [-0.39, 0.29) is 5.78 Å². The molecule has 0 aliphatic heterocycles. The lowest BCUT2D eigenvalue weighted by atomic mass is 10.1. The van der Waals surface area contributed by atoms with Crippen molar-refractivity contribution in [1.29, 1.82) is 0 Å². The van der Waals surface area contributed by atoms with E-state index in [1.807, 2.05) is 0 Å². The second-order valence-corrected chi connectivity index (χ2v) is 3.75. The molecule has 0 spiro atoms. The second kappa shape index (κ2) is 3.64. The standard InChI is InChI=1S/C6H10O4S/c1-3-6(7)5(2)4-11(8,9)10/h3,5H,1,4H2,2H3,(H,8,9,10). The van der Waals surface area contributed by atoms with Gasteiger partial charge in [-0.3, -0.25) is 9.35 Å². The highest BCUT2D eigenvalue weighted by atomic mass is 32.2. The van der Waals surface area contributed by atoms with Crippen LogP contribution in [0.15, 0.2) is 12.7 Å². The van der Waals surface area contributed by atoms with Gasteiger partial charge in [0.05, 0.1) is 5.75 Å². The molecular formula is C6H10O4S. The summed E-state index contributed by atoms with van der Waals surface area (Å²) < 4.78 is 28.8. The molecule has 64 valence electrons. The van der Waals surface area contributed by atoms with Crippen LogP contribution in [0.25, 0.3) is 0 Å². The first-order valence-electron chi connectivity index (χ1n) is 2.98. The first-order chi connectivity index (χ1) is 4.87. The molecule has 0 fully saturated rings. The molecule has 11 heavy (non-hydrogen) atoms. The summed E-state index contributed by atoms with van der Waals surface area (Å²) in [4.78, 5) is 10.7. The van der Waals surface area contributed by atoms with Crippen LogP contribution in [0.5, 0.6) is 0 Å². The highest BCUT2D eigenvalue weighted by Gasteiger charge is 2.16. The number of carbonyl (C=O) groups excluding carboxylic acids is 1. The van der Waals surface area contributed by atoms with Crippen LogP contribution in [0.3, 0.4) is 0 Å². The largest absolute Gasteiger partial charge is 0.295 e. The van der Waals surface area contributed by atoms with E-state index in [4.69, 9.17) is 4.55 Å². The summed E-state index contributed by atoms with van der Waals surface area (Å²) in [5, 5.41) is 0. The Kier molecular flexibility index (Phi) is 3.41. The minimum atomic E-state index is -4.05. The molecule has 0 aliphatic rings. The molecule has 0 aromatic carbocycles. The van der Waals surface area contributed by atoms with Crippen LogP contribution in [0.1, 0.15) is 6.92 Å². The predicted molar refractivity (Wildman–Crippen MR) is 40.8 cm³/mol. The van der Waals surface area contributed by atoms with Crippen molar-refractivity contribution in [3.05, 3.63) is 12.7 Å². The Balaban J connectivity index is 4.20. The Morgan fingerprint density at radius 3 is 2.45 bits per heavy atom. The van der Waals surface area contributed by atoms with Crippen LogP contribution in [0, 0.1) is 5.92 Å². The highest BCUT2D eigenvalue weighted by molar-refractivity contribution is 7.85. The summed E-state index contributed by atoms with van der Waals surface area (Å²) in [6.45, 7) is 4.60. The zero-order valence-electron chi connectivity index (χ0n) is 6.15. The van der Waals surface area contributed by atoms with Gasteiger partial charge >= 0.3 is 0 Å². The van der Waals surface area contributed by atoms with Gasteiger partial charge in [0.1, 0.15) is 0 Å². The third-order valence-corrected chi connectivity index (χ3v) is 2.07. The van der Waals surface area contributed by atoms with Crippen LogP contribution < -0.4 is 0 Å². The topological polar surface area (TPSA) is 71.4 Å². The van der Waals surface area contributed by atoms with Gasteiger partial charge in [-0.05, 0) is 6.08 Å². The van der Waals surface area contributed by atoms with Gasteiger partial charge in [0.15, 0.2) is 5.78 Å². The molecular weight excluding hydrogens is 168 g/mol. The molecule has 0 aliphatic carbocycles. The minimum Gasteiger partial charge on any atom is -0.295 e. The second-order valence-electron chi connectivity index (χ2n) is 2.26. The normalized spacial score (nSPS) is 14.0. The molecule has 4 nitrogen and oxygen atoms in total. The summed E-state index contributed by atoms with van der Waals surface area (Å²) >= 11 is 0. The fourth-order valence-corrected chi connectivity index (χ4v) is 1.40. The summed E-state index contributed by atoms with van der Waals surface area (Å²) in [6.07, 6.45) is 1.04. The fourth-order valence-electron chi connectivity index (χ4n) is 0.599. The van der Waals surface area contributed by atoms with Gasteiger partial charge in [-0.25, -0.2) is 0 Å². The van der Waals surface area contributed by atoms with Crippen molar-refractivity contribution in [2.75, 3.05) is 5.75 Å². The number of carbonyl (C=O) groups is 1. The van der Waals surface area contributed by atoms with Crippen molar-refractivity contribution < 1.29 is 17.8 Å². The summed E-state index contributed by atoms with van der Waals surface area (Å²) in [7, 11) is -4.05. The van der Waals surface area contributed by atoms with E-state index in [0.29, 0.717) is 0 Å². The van der Waals surface area contributed by atoms with E-state index in [0.717, 1.165) is 6.08 Å². The molecule has 1 N–H and O–H groups in total. The smallest absolute Gasteiger partial charge is 0.265 e. The van der Waals surface area contributed by atoms with Crippen LogP contribution >= 0.6 is 0 Å². The molecule has 1 atom stereocenters. The van der Waals surface area contributed by atoms with Crippen molar-refractivity contribution in [2.24, 2.45) is 5.92 Å². The van der Waals surface area contributed by atoms with Crippen molar-refractivity contribution >= 4 is 15.9 Å². The Hall–Kier alpha value is -0.680. The van der Waals surface area contributed by atoms with Gasteiger partial charge in [-0.2, -0.15) is 8.42 Å². The molecule has 0 rings (SSSR count). The zero-order valence-corrected chi connectivity index (χ0v) is 6.97. The monoisotopic (exact) mass is 178 g/mol. The first kappa shape index (κ1) is 10.3. The lowest BCUT2D eigenvalue weighted by Gasteiger charge is -2.02. The average Bonchev–Trinajstić information content (AvgIpc) is 1.82. The number of allylic oxidation sites excluding steroid dienone is 1. The molecule has 0 bridgehead atoms. The molecule has 0 saturated carbocycles. The zero-order chi connectivity index (χ0) is 9.07. The number of hydrogen-bond donors (Lipinski definition) is 1. The number of ketones is 1. The third-order valence-electron chi connectivity index (χ3n) is 1.15. The maximum atomic E-state index is 10.7. The summed E-state index contributed by atoms with van der Waals surface area (Å²) in [5.74, 6) is -1.65. The Morgan fingerprint density at radius 2 is 2.18 bits per heavy atom. The van der Waals surface area contributed by atoms with Gasteiger partial charge in [0.25, 0.3) is 10.1 Å². The van der Waals surface area contributed by atoms with Gasteiger partial charge in [0.2, 0.25) is 0 Å². The van der Waals surface area contributed by atoms with Crippen LogP contribution in [-0.2, 0) is 14.9 Å². The van der Waals surface area contributed by atoms with E-state index < -0.39 is 21.8 Å².